The van der Waals surface area contributed by atoms with Crippen molar-refractivity contribution in [3.8, 4) is 0 Å². The zero-order valence-corrected chi connectivity index (χ0v) is 26.2. The van der Waals surface area contributed by atoms with Gasteiger partial charge in [0.05, 0.1) is 6.04 Å². The van der Waals surface area contributed by atoms with Crippen molar-refractivity contribution in [1.29, 1.82) is 0 Å². The van der Waals surface area contributed by atoms with Crippen LogP contribution in [-0.4, -0.2) is 69.9 Å². The van der Waals surface area contributed by atoms with Gasteiger partial charge in [0, 0.05) is 17.1 Å². The van der Waals surface area contributed by atoms with Crippen LogP contribution < -0.4 is 27.0 Å². The number of rotatable bonds is 16. The molecule has 0 aliphatic carbocycles. The second-order valence-corrected chi connectivity index (χ2v) is 12.4. The van der Waals surface area contributed by atoms with Crippen molar-refractivity contribution in [2.24, 2.45) is 23.5 Å². The number of aliphatic carboxylic acids is 1. The van der Waals surface area contributed by atoms with E-state index in [1.165, 1.54) is 6.92 Å². The van der Waals surface area contributed by atoms with Gasteiger partial charge in [-0.1, -0.05) is 59.7 Å². The van der Waals surface area contributed by atoms with Crippen molar-refractivity contribution in [3.05, 3.63) is 36.0 Å². The normalized spacial score (nSPS) is 15.0. The largest absolute Gasteiger partial charge is 0.480 e. The summed E-state index contributed by atoms with van der Waals surface area (Å²) in [5, 5.41) is 21.0. The van der Waals surface area contributed by atoms with E-state index >= 15 is 0 Å². The molecule has 12 nitrogen and oxygen atoms in total. The zero-order valence-electron chi connectivity index (χ0n) is 26.2. The lowest BCUT2D eigenvalue weighted by molar-refractivity contribution is -0.143. The number of fused-ring (bicyclic) bond motifs is 1. The molecule has 8 N–H and O–H groups in total. The number of carboxylic acid groups (broad SMARTS) is 1. The lowest BCUT2D eigenvalue weighted by Gasteiger charge is -2.28. The van der Waals surface area contributed by atoms with Gasteiger partial charge in [-0.05, 0) is 55.6 Å². The molecule has 2 aromatic rings. The van der Waals surface area contributed by atoms with E-state index < -0.39 is 59.8 Å². The number of hydrogen-bond acceptors (Lipinski definition) is 6. The van der Waals surface area contributed by atoms with Crippen LogP contribution in [0.15, 0.2) is 30.5 Å². The van der Waals surface area contributed by atoms with Crippen LogP contribution in [0.1, 0.15) is 66.9 Å². The number of hydrogen-bond donors (Lipinski definition) is 7. The molecule has 43 heavy (non-hydrogen) atoms. The number of carboxylic acids is 1. The summed E-state index contributed by atoms with van der Waals surface area (Å²) in [4.78, 5) is 67.1. The first kappa shape index (κ1) is 35.3. The van der Waals surface area contributed by atoms with Crippen molar-refractivity contribution in [1.82, 2.24) is 26.3 Å². The summed E-state index contributed by atoms with van der Waals surface area (Å²) in [6, 6.07) is 2.67. The van der Waals surface area contributed by atoms with E-state index in [1.807, 2.05) is 52.0 Å². The van der Waals surface area contributed by atoms with Gasteiger partial charge in [0.25, 0.3) is 0 Å². The number of aromatic nitrogens is 1. The number of aromatic amines is 1. The zero-order chi connectivity index (χ0) is 32.4. The molecule has 2 rings (SSSR count). The van der Waals surface area contributed by atoms with Gasteiger partial charge in [0.15, 0.2) is 0 Å². The minimum absolute atomic E-state index is 0.0141. The molecule has 0 saturated heterocycles. The number of nitrogens with two attached hydrogens (primary N) is 1. The Balaban J connectivity index is 2.04. The Morgan fingerprint density at radius 1 is 0.767 bits per heavy atom. The first-order valence-corrected chi connectivity index (χ1v) is 14.8. The third kappa shape index (κ3) is 10.7. The van der Waals surface area contributed by atoms with Crippen molar-refractivity contribution < 1.29 is 29.1 Å². The monoisotopic (exact) mass is 600 g/mol. The molecule has 1 aromatic heterocycles. The number of carbonyl (C=O) groups excluding carboxylic acids is 4. The Hall–Kier alpha value is -3.93. The first-order chi connectivity index (χ1) is 20.1. The SMILES string of the molecule is CC(C)C[C@H](NC(=O)[C@H](CC(C)C)NC(=O)[C@@H](NC(=O)[C@H](C)NC(=O)[C@@H](N)Cc1c[nH]c2ccccc12)C(C)C)C(=O)O. The highest BCUT2D eigenvalue weighted by molar-refractivity contribution is 5.95. The van der Waals surface area contributed by atoms with Crippen LogP contribution in [0.3, 0.4) is 0 Å². The van der Waals surface area contributed by atoms with Gasteiger partial charge < -0.3 is 37.1 Å². The van der Waals surface area contributed by atoms with E-state index in [0.717, 1.165) is 16.5 Å². The maximum atomic E-state index is 13.3. The Morgan fingerprint density at radius 2 is 1.35 bits per heavy atom. The van der Waals surface area contributed by atoms with Crippen LogP contribution in [0, 0.1) is 17.8 Å². The van der Waals surface area contributed by atoms with Gasteiger partial charge in [0.1, 0.15) is 24.2 Å². The summed E-state index contributed by atoms with van der Waals surface area (Å²) in [5.74, 6) is -3.75. The minimum atomic E-state index is -1.15. The fourth-order valence-corrected chi connectivity index (χ4v) is 4.76. The Morgan fingerprint density at radius 3 is 1.93 bits per heavy atom. The number of nitrogens with one attached hydrogen (secondary N) is 5. The number of carbonyl (C=O) groups is 5. The lowest BCUT2D eigenvalue weighted by Crippen LogP contribution is -2.59. The summed E-state index contributed by atoms with van der Waals surface area (Å²) >= 11 is 0. The predicted octanol–water partition coefficient (Wildman–Crippen LogP) is 1.83. The molecule has 4 amide bonds. The van der Waals surface area contributed by atoms with Crippen LogP contribution in [0.25, 0.3) is 10.9 Å². The van der Waals surface area contributed by atoms with Gasteiger partial charge in [0.2, 0.25) is 23.6 Å². The molecule has 0 aliphatic rings. The quantitative estimate of drug-likeness (QED) is 0.153. The highest BCUT2D eigenvalue weighted by Gasteiger charge is 2.32. The Bertz CT molecular complexity index is 1270. The van der Waals surface area contributed by atoms with Gasteiger partial charge >= 0.3 is 5.97 Å². The summed E-state index contributed by atoms with van der Waals surface area (Å²) in [7, 11) is 0. The molecule has 0 bridgehead atoms. The fourth-order valence-electron chi connectivity index (χ4n) is 4.76. The van der Waals surface area contributed by atoms with Crippen molar-refractivity contribution in [3.63, 3.8) is 0 Å². The summed E-state index contributed by atoms with van der Waals surface area (Å²) in [6.45, 7) is 12.4. The predicted molar refractivity (Wildman–Crippen MR) is 165 cm³/mol. The average Bonchev–Trinajstić information content (AvgIpc) is 3.32. The molecule has 5 atom stereocenters. The minimum Gasteiger partial charge on any atom is -0.480 e. The molecule has 0 unspecified atom stereocenters. The fraction of sp³-hybridized carbons (Fsp3) is 0.581. The van der Waals surface area contributed by atoms with Crippen LogP contribution in [0.4, 0.5) is 0 Å². The smallest absolute Gasteiger partial charge is 0.326 e. The molecule has 12 heteroatoms. The van der Waals surface area contributed by atoms with Gasteiger partial charge in [-0.25, -0.2) is 4.79 Å². The van der Waals surface area contributed by atoms with Crippen LogP contribution >= 0.6 is 0 Å². The third-order valence-electron chi connectivity index (χ3n) is 7.11. The molecule has 0 aliphatic heterocycles. The molecule has 0 radical (unpaired) electrons. The molecule has 0 fully saturated rings. The number of para-hydroxylation sites is 1. The molecular weight excluding hydrogens is 552 g/mol. The second-order valence-electron chi connectivity index (χ2n) is 12.4. The van der Waals surface area contributed by atoms with E-state index in [4.69, 9.17) is 5.73 Å². The van der Waals surface area contributed by atoms with Crippen LogP contribution in [0.2, 0.25) is 0 Å². The van der Waals surface area contributed by atoms with E-state index in [9.17, 15) is 29.1 Å². The number of H-pyrrole nitrogens is 1. The molecule has 238 valence electrons. The third-order valence-corrected chi connectivity index (χ3v) is 7.11. The van der Waals surface area contributed by atoms with Crippen molar-refractivity contribution >= 4 is 40.5 Å². The lowest BCUT2D eigenvalue weighted by atomic mass is 9.98. The van der Waals surface area contributed by atoms with Gasteiger partial charge in [-0.15, -0.1) is 0 Å². The highest BCUT2D eigenvalue weighted by atomic mass is 16.4. The Kier molecular flexibility index (Phi) is 13.2. The molecule has 1 heterocycles. The first-order valence-electron chi connectivity index (χ1n) is 14.8. The van der Waals surface area contributed by atoms with Crippen LogP contribution in [0.5, 0.6) is 0 Å². The molecule has 0 saturated carbocycles. The molecule has 0 spiro atoms. The summed E-state index contributed by atoms with van der Waals surface area (Å²) < 4.78 is 0. The maximum absolute atomic E-state index is 13.3. The molecule has 1 aromatic carbocycles. The topological polar surface area (TPSA) is 196 Å². The standard InChI is InChI=1S/C31H48N6O6/c1-16(2)12-24(29(40)36-25(31(42)43)13-17(3)4)35-30(41)26(18(5)6)37-27(38)19(7)34-28(39)22(32)14-20-15-33-23-11-9-8-10-21(20)23/h8-11,15-19,22,24-26,33H,12-14,32H2,1-7H3,(H,34,39)(H,35,41)(H,36,40)(H,37,38)(H,42,43)/t19-,22-,24-,25-,26-/m0/s1. The molecular formula is C31H48N6O6. The summed E-state index contributed by atoms with van der Waals surface area (Å²) in [6.07, 6.45) is 2.58. The van der Waals surface area contributed by atoms with Crippen molar-refractivity contribution in [2.45, 2.75) is 97.9 Å². The van der Waals surface area contributed by atoms with E-state index in [2.05, 4.69) is 26.3 Å². The summed E-state index contributed by atoms with van der Waals surface area (Å²) in [5.41, 5.74) is 7.96. The number of amides is 4. The highest BCUT2D eigenvalue weighted by Crippen LogP contribution is 2.19. The van der Waals surface area contributed by atoms with Gasteiger partial charge in [-0.2, -0.15) is 0 Å². The average molecular weight is 601 g/mol. The van der Waals surface area contributed by atoms with E-state index in [1.54, 1.807) is 20.0 Å². The maximum Gasteiger partial charge on any atom is 0.326 e. The van der Waals surface area contributed by atoms with Crippen molar-refractivity contribution in [2.75, 3.05) is 0 Å². The second kappa shape index (κ2) is 16.1. The number of benzene rings is 1. The Labute approximate surface area is 253 Å². The van der Waals surface area contributed by atoms with E-state index in [0.29, 0.717) is 0 Å². The van der Waals surface area contributed by atoms with Gasteiger partial charge in [-0.3, -0.25) is 19.2 Å². The van der Waals surface area contributed by atoms with Crippen LogP contribution in [-0.2, 0) is 30.4 Å². The van der Waals surface area contributed by atoms with E-state index in [-0.39, 0.29) is 37.0 Å².